The first kappa shape index (κ1) is 23.3. The van der Waals surface area contributed by atoms with Gasteiger partial charge in [-0.1, -0.05) is 12.1 Å². The number of fused-ring (bicyclic) bond motifs is 1. The molecule has 0 unspecified atom stereocenters. The molecular weight excluding hydrogens is 455 g/mol. The van der Waals surface area contributed by atoms with Gasteiger partial charge in [0.25, 0.3) is 0 Å². The number of aliphatic imine (C=N–C) groups is 1. The Labute approximate surface area is 178 Å². The highest BCUT2D eigenvalue weighted by Crippen LogP contribution is 2.19. The molecule has 1 aromatic heterocycles. The maximum atomic E-state index is 11.8. The van der Waals surface area contributed by atoms with E-state index in [-0.39, 0.29) is 36.5 Å². The number of hydrogen-bond donors (Lipinski definition) is 3. The third-order valence-corrected chi connectivity index (χ3v) is 3.74. The minimum Gasteiger partial charge on any atom is -0.459 e. The van der Waals surface area contributed by atoms with E-state index in [4.69, 9.17) is 4.74 Å². The van der Waals surface area contributed by atoms with Crippen molar-refractivity contribution in [2.45, 2.75) is 46.6 Å². The number of rotatable bonds is 6. The van der Waals surface area contributed by atoms with Crippen LogP contribution >= 0.6 is 24.0 Å². The Morgan fingerprint density at radius 3 is 2.67 bits per heavy atom. The van der Waals surface area contributed by atoms with Gasteiger partial charge in [0.15, 0.2) is 5.96 Å². The standard InChI is InChI=1S/C20H30N4O2.HI/c1-6-21-19(24-13-18(25)26-20(3,4)5)22-10-9-15-12-23-17-11-14(2)7-8-16(15)17;/h7-8,11-12,23H,6,9-10,13H2,1-5H3,(H2,21,22,24);1H. The molecule has 2 aromatic rings. The summed E-state index contributed by atoms with van der Waals surface area (Å²) in [6.07, 6.45) is 2.91. The van der Waals surface area contributed by atoms with Gasteiger partial charge < -0.3 is 20.4 Å². The van der Waals surface area contributed by atoms with E-state index in [0.29, 0.717) is 5.96 Å². The van der Waals surface area contributed by atoms with Crippen LogP contribution in [0.3, 0.4) is 0 Å². The van der Waals surface area contributed by atoms with Crippen LogP contribution in [0.4, 0.5) is 0 Å². The maximum absolute atomic E-state index is 11.8. The molecule has 150 valence electrons. The van der Waals surface area contributed by atoms with Gasteiger partial charge in [0, 0.05) is 30.2 Å². The fourth-order valence-electron chi connectivity index (χ4n) is 2.68. The zero-order valence-corrected chi connectivity index (χ0v) is 19.1. The number of guanidine groups is 1. The zero-order valence-electron chi connectivity index (χ0n) is 16.8. The average Bonchev–Trinajstić information content (AvgIpc) is 2.93. The Kier molecular flexibility index (Phi) is 9.08. The van der Waals surface area contributed by atoms with Crippen LogP contribution in [0.5, 0.6) is 0 Å². The molecule has 0 aliphatic carbocycles. The van der Waals surface area contributed by atoms with Crippen molar-refractivity contribution in [1.29, 1.82) is 0 Å². The first-order chi connectivity index (χ1) is 12.3. The van der Waals surface area contributed by atoms with Gasteiger partial charge in [-0.25, -0.2) is 4.99 Å². The molecule has 3 N–H and O–H groups in total. The fourth-order valence-corrected chi connectivity index (χ4v) is 2.68. The van der Waals surface area contributed by atoms with Gasteiger partial charge in [0.05, 0.1) is 0 Å². The third-order valence-electron chi connectivity index (χ3n) is 3.74. The number of hydrogen-bond acceptors (Lipinski definition) is 3. The number of ether oxygens (including phenoxy) is 1. The predicted octanol–water partition coefficient (Wildman–Crippen LogP) is 3.53. The SMILES string of the molecule is CCNC(=NCC(=O)OC(C)(C)C)NCCc1c[nH]c2cc(C)ccc12.I. The quantitative estimate of drug-likeness (QED) is 0.253. The summed E-state index contributed by atoms with van der Waals surface area (Å²) in [5.41, 5.74) is 3.17. The lowest BCUT2D eigenvalue weighted by Crippen LogP contribution is -2.39. The molecule has 27 heavy (non-hydrogen) atoms. The smallest absolute Gasteiger partial charge is 0.328 e. The molecule has 0 aliphatic rings. The number of esters is 1. The summed E-state index contributed by atoms with van der Waals surface area (Å²) < 4.78 is 5.28. The normalized spacial score (nSPS) is 11.8. The number of H-pyrrole nitrogens is 1. The van der Waals surface area contributed by atoms with Gasteiger partial charge in [-0.05, 0) is 58.2 Å². The molecule has 0 amide bonds. The highest BCUT2D eigenvalue weighted by Gasteiger charge is 2.15. The van der Waals surface area contributed by atoms with Crippen molar-refractivity contribution >= 4 is 46.8 Å². The van der Waals surface area contributed by atoms with E-state index in [9.17, 15) is 4.79 Å². The van der Waals surface area contributed by atoms with Crippen LogP contribution in [-0.2, 0) is 16.0 Å². The summed E-state index contributed by atoms with van der Waals surface area (Å²) in [4.78, 5) is 19.4. The van der Waals surface area contributed by atoms with Gasteiger partial charge in [0.2, 0.25) is 0 Å². The molecular formula is C20H31IN4O2. The number of aryl methyl sites for hydroxylation is 1. The topological polar surface area (TPSA) is 78.5 Å². The minimum absolute atomic E-state index is 0. The predicted molar refractivity (Wildman–Crippen MR) is 122 cm³/mol. The summed E-state index contributed by atoms with van der Waals surface area (Å²) in [5, 5.41) is 7.66. The Morgan fingerprint density at radius 2 is 2.00 bits per heavy atom. The highest BCUT2D eigenvalue weighted by molar-refractivity contribution is 14.0. The molecule has 2 rings (SSSR count). The molecule has 1 heterocycles. The summed E-state index contributed by atoms with van der Waals surface area (Å²) in [6, 6.07) is 6.43. The first-order valence-electron chi connectivity index (χ1n) is 9.09. The van der Waals surface area contributed by atoms with Crippen LogP contribution in [0.15, 0.2) is 29.4 Å². The number of benzene rings is 1. The Balaban J connectivity index is 0.00000364. The molecule has 1 aromatic carbocycles. The molecule has 0 spiro atoms. The number of carbonyl (C=O) groups excluding carboxylic acids is 1. The maximum Gasteiger partial charge on any atom is 0.328 e. The lowest BCUT2D eigenvalue weighted by Gasteiger charge is -2.19. The summed E-state index contributed by atoms with van der Waals surface area (Å²) in [5.74, 6) is 0.288. The van der Waals surface area contributed by atoms with Crippen LogP contribution < -0.4 is 10.6 Å². The molecule has 0 atom stereocenters. The summed E-state index contributed by atoms with van der Waals surface area (Å²) in [7, 11) is 0. The average molecular weight is 486 g/mol. The van der Waals surface area contributed by atoms with Gasteiger partial charge in [-0.3, -0.25) is 4.79 Å². The third kappa shape index (κ3) is 7.78. The van der Waals surface area contributed by atoms with Crippen molar-refractivity contribution in [2.24, 2.45) is 4.99 Å². The van der Waals surface area contributed by atoms with Crippen LogP contribution in [0.2, 0.25) is 0 Å². The van der Waals surface area contributed by atoms with E-state index >= 15 is 0 Å². The largest absolute Gasteiger partial charge is 0.459 e. The van der Waals surface area contributed by atoms with Crippen molar-refractivity contribution in [2.75, 3.05) is 19.6 Å². The van der Waals surface area contributed by atoms with Gasteiger partial charge >= 0.3 is 5.97 Å². The van der Waals surface area contributed by atoms with E-state index < -0.39 is 5.60 Å². The van der Waals surface area contributed by atoms with Crippen molar-refractivity contribution in [3.05, 3.63) is 35.5 Å². The van der Waals surface area contributed by atoms with Gasteiger partial charge in [-0.15, -0.1) is 24.0 Å². The highest BCUT2D eigenvalue weighted by atomic mass is 127. The molecule has 0 fully saturated rings. The van der Waals surface area contributed by atoms with Crippen LogP contribution in [0, 0.1) is 6.92 Å². The zero-order chi connectivity index (χ0) is 19.2. The van der Waals surface area contributed by atoms with Crippen LogP contribution in [0.25, 0.3) is 10.9 Å². The second-order valence-corrected chi connectivity index (χ2v) is 7.32. The van der Waals surface area contributed by atoms with E-state index in [0.717, 1.165) is 25.0 Å². The molecule has 0 saturated heterocycles. The van der Waals surface area contributed by atoms with Crippen molar-refractivity contribution in [1.82, 2.24) is 15.6 Å². The number of nitrogens with zero attached hydrogens (tertiary/aromatic N) is 1. The van der Waals surface area contributed by atoms with Crippen molar-refractivity contribution in [3.8, 4) is 0 Å². The van der Waals surface area contributed by atoms with Crippen LogP contribution in [0.1, 0.15) is 38.8 Å². The monoisotopic (exact) mass is 486 g/mol. The lowest BCUT2D eigenvalue weighted by molar-refractivity contribution is -0.152. The molecule has 7 heteroatoms. The van der Waals surface area contributed by atoms with Crippen LogP contribution in [-0.4, -0.2) is 42.1 Å². The minimum atomic E-state index is -0.494. The Morgan fingerprint density at radius 1 is 1.26 bits per heavy atom. The molecule has 0 radical (unpaired) electrons. The second kappa shape index (κ2) is 10.5. The molecule has 6 nitrogen and oxygen atoms in total. The van der Waals surface area contributed by atoms with Gasteiger partial charge in [-0.2, -0.15) is 0 Å². The van der Waals surface area contributed by atoms with Crippen molar-refractivity contribution in [3.63, 3.8) is 0 Å². The Bertz CT molecular complexity index is 778. The molecule has 0 bridgehead atoms. The fraction of sp³-hybridized carbons (Fsp3) is 0.500. The second-order valence-electron chi connectivity index (χ2n) is 7.32. The van der Waals surface area contributed by atoms with E-state index in [1.165, 1.54) is 16.5 Å². The number of carbonyl (C=O) groups is 1. The Hall–Kier alpha value is -1.77. The van der Waals surface area contributed by atoms with Gasteiger partial charge in [0.1, 0.15) is 12.1 Å². The van der Waals surface area contributed by atoms with E-state index in [2.05, 4.69) is 51.9 Å². The number of aromatic amines is 1. The number of aromatic nitrogens is 1. The molecule has 0 saturated carbocycles. The lowest BCUT2D eigenvalue weighted by atomic mass is 10.1. The molecule has 0 aliphatic heterocycles. The summed E-state index contributed by atoms with van der Waals surface area (Å²) >= 11 is 0. The number of nitrogens with one attached hydrogen (secondary N) is 3. The first-order valence-corrected chi connectivity index (χ1v) is 9.09. The van der Waals surface area contributed by atoms with E-state index in [1.807, 2.05) is 27.7 Å². The number of halogens is 1. The summed E-state index contributed by atoms with van der Waals surface area (Å²) in [6.45, 7) is 11.1. The van der Waals surface area contributed by atoms with E-state index in [1.54, 1.807) is 0 Å². The van der Waals surface area contributed by atoms with Crippen molar-refractivity contribution < 1.29 is 9.53 Å².